The Morgan fingerprint density at radius 2 is 1.00 bits per heavy atom. The Morgan fingerprint density at radius 3 is 1.29 bits per heavy atom. The second-order valence-corrected chi connectivity index (χ2v) is 6.57. The topological polar surface area (TPSA) is 16.6 Å². The predicted molar refractivity (Wildman–Crippen MR) is 74.0 cm³/mol. The lowest BCUT2D eigenvalue weighted by molar-refractivity contribution is -0.726. The van der Waals surface area contributed by atoms with Crippen molar-refractivity contribution in [1.82, 2.24) is 0 Å². The van der Waals surface area contributed by atoms with E-state index in [0.29, 0.717) is 0 Å². The van der Waals surface area contributed by atoms with Crippen molar-refractivity contribution in [1.29, 1.82) is 0 Å². The van der Waals surface area contributed by atoms with Crippen LogP contribution in [0.4, 0.5) is 0 Å². The molecule has 0 aromatic carbocycles. The highest BCUT2D eigenvalue weighted by molar-refractivity contribution is 4.73. The Balaban J connectivity index is 1.65. The Labute approximate surface area is 108 Å². The van der Waals surface area contributed by atoms with Gasteiger partial charge in [-0.2, -0.15) is 0 Å². The molecule has 17 heavy (non-hydrogen) atoms. The zero-order valence-electron chi connectivity index (χ0n) is 12.0. The first-order valence-corrected chi connectivity index (χ1v) is 8.16. The van der Waals surface area contributed by atoms with Gasteiger partial charge < -0.3 is 5.32 Å². The molecule has 2 N–H and O–H groups in total. The lowest BCUT2D eigenvalue weighted by Gasteiger charge is -2.32. The molecule has 2 rings (SSSR count). The van der Waals surface area contributed by atoms with Gasteiger partial charge in [0.05, 0.1) is 12.1 Å². The number of nitrogens with two attached hydrogens (primary N) is 1. The second-order valence-electron chi connectivity index (χ2n) is 6.57. The zero-order chi connectivity index (χ0) is 12.1. The van der Waals surface area contributed by atoms with Gasteiger partial charge in [0, 0.05) is 0 Å². The minimum absolute atomic E-state index is 0.973. The molecule has 0 spiro atoms. The number of hydrogen-bond acceptors (Lipinski definition) is 0. The van der Waals surface area contributed by atoms with Crippen molar-refractivity contribution in [3.63, 3.8) is 0 Å². The Bertz CT molecular complexity index is 176. The zero-order valence-corrected chi connectivity index (χ0v) is 12.0. The van der Waals surface area contributed by atoms with Crippen LogP contribution in [0.5, 0.6) is 0 Å². The number of rotatable bonds is 4. The summed E-state index contributed by atoms with van der Waals surface area (Å²) in [6.07, 6.45) is 14.8. The smallest absolute Gasteiger partial charge is 0.0861 e. The Hall–Kier alpha value is -0.0400. The van der Waals surface area contributed by atoms with E-state index < -0.39 is 0 Å². The monoisotopic (exact) mass is 238 g/mol. The molecule has 0 heterocycles. The maximum absolute atomic E-state index is 2.76. The van der Waals surface area contributed by atoms with Gasteiger partial charge in [0.1, 0.15) is 0 Å². The average molecular weight is 238 g/mol. The number of hydrogen-bond donors (Lipinski definition) is 1. The summed E-state index contributed by atoms with van der Waals surface area (Å²) in [5, 5.41) is 2.76. The first-order valence-electron chi connectivity index (χ1n) is 8.16. The van der Waals surface area contributed by atoms with Crippen LogP contribution in [0.1, 0.15) is 78.1 Å². The van der Waals surface area contributed by atoms with E-state index in [4.69, 9.17) is 0 Å². The summed E-state index contributed by atoms with van der Waals surface area (Å²) in [7, 11) is 0. The van der Waals surface area contributed by atoms with Crippen molar-refractivity contribution in [2.75, 3.05) is 0 Å². The van der Waals surface area contributed by atoms with Crippen molar-refractivity contribution < 1.29 is 5.32 Å². The molecule has 0 atom stereocenters. The van der Waals surface area contributed by atoms with E-state index in [-0.39, 0.29) is 0 Å². The highest BCUT2D eigenvalue weighted by Gasteiger charge is 2.28. The summed E-state index contributed by atoms with van der Waals surface area (Å²) >= 11 is 0. The molecule has 1 nitrogen and oxygen atoms in total. The van der Waals surface area contributed by atoms with E-state index in [1.807, 2.05) is 0 Å². The quantitative estimate of drug-likeness (QED) is 0.772. The fraction of sp³-hybridized carbons (Fsp3) is 1.00. The Kier molecular flexibility index (Phi) is 5.34. The molecular weight excluding hydrogens is 206 g/mol. The van der Waals surface area contributed by atoms with Crippen molar-refractivity contribution in [3.8, 4) is 0 Å². The van der Waals surface area contributed by atoms with Gasteiger partial charge in [0.2, 0.25) is 0 Å². The van der Waals surface area contributed by atoms with E-state index in [1.165, 1.54) is 64.2 Å². The predicted octanol–water partition coefficient (Wildman–Crippen LogP) is 3.49. The Morgan fingerprint density at radius 1 is 0.647 bits per heavy atom. The van der Waals surface area contributed by atoms with Crippen LogP contribution in [0, 0.1) is 11.8 Å². The first-order chi connectivity index (χ1) is 8.31. The molecule has 2 fully saturated rings. The van der Waals surface area contributed by atoms with Crippen LogP contribution >= 0.6 is 0 Å². The molecule has 1 heteroatoms. The largest absolute Gasteiger partial charge is 0.341 e. The van der Waals surface area contributed by atoms with E-state index in [2.05, 4.69) is 19.2 Å². The third-order valence-electron chi connectivity index (χ3n) is 5.48. The highest BCUT2D eigenvalue weighted by atomic mass is 15.0. The first kappa shape index (κ1) is 13.4. The van der Waals surface area contributed by atoms with Crippen molar-refractivity contribution in [2.45, 2.75) is 90.1 Å². The highest BCUT2D eigenvalue weighted by Crippen LogP contribution is 2.27. The standard InChI is InChI=1S/C16H31N/c1-3-13-5-9-15(10-6-13)17-16-11-7-14(4-2)8-12-16/h13-17H,3-12H2,1-2H3/p+1. The summed E-state index contributed by atoms with van der Waals surface area (Å²) in [6, 6.07) is 1.95. The maximum Gasteiger partial charge on any atom is 0.0861 e. The van der Waals surface area contributed by atoms with E-state index in [1.54, 1.807) is 0 Å². The summed E-state index contributed by atoms with van der Waals surface area (Å²) < 4.78 is 0. The third kappa shape index (κ3) is 3.98. The van der Waals surface area contributed by atoms with Crippen LogP contribution in [-0.2, 0) is 0 Å². The van der Waals surface area contributed by atoms with Gasteiger partial charge in [-0.25, -0.2) is 0 Å². The summed E-state index contributed by atoms with van der Waals surface area (Å²) in [6.45, 7) is 4.72. The van der Waals surface area contributed by atoms with E-state index in [0.717, 1.165) is 23.9 Å². The molecule has 0 radical (unpaired) electrons. The van der Waals surface area contributed by atoms with Gasteiger partial charge in [-0.1, -0.05) is 26.7 Å². The fourth-order valence-corrected chi connectivity index (χ4v) is 3.96. The molecule has 2 aliphatic carbocycles. The van der Waals surface area contributed by atoms with Gasteiger partial charge in [-0.3, -0.25) is 0 Å². The molecule has 0 aromatic heterocycles. The summed E-state index contributed by atoms with van der Waals surface area (Å²) in [4.78, 5) is 0. The molecule has 0 aromatic rings. The van der Waals surface area contributed by atoms with Crippen LogP contribution in [0.25, 0.3) is 0 Å². The molecular formula is C16H32N+. The van der Waals surface area contributed by atoms with Crippen molar-refractivity contribution in [2.24, 2.45) is 11.8 Å². The van der Waals surface area contributed by atoms with Crippen LogP contribution in [0.15, 0.2) is 0 Å². The lowest BCUT2D eigenvalue weighted by Crippen LogP contribution is -2.95. The molecule has 2 aliphatic rings. The fourth-order valence-electron chi connectivity index (χ4n) is 3.96. The summed E-state index contributed by atoms with van der Waals surface area (Å²) in [5.74, 6) is 2.10. The average Bonchev–Trinajstić information content (AvgIpc) is 2.40. The molecule has 2 saturated carbocycles. The van der Waals surface area contributed by atoms with E-state index >= 15 is 0 Å². The van der Waals surface area contributed by atoms with Gasteiger partial charge in [-0.15, -0.1) is 0 Å². The summed E-state index contributed by atoms with van der Waals surface area (Å²) in [5.41, 5.74) is 0. The van der Waals surface area contributed by atoms with Crippen molar-refractivity contribution in [3.05, 3.63) is 0 Å². The van der Waals surface area contributed by atoms with Crippen LogP contribution in [-0.4, -0.2) is 12.1 Å². The van der Waals surface area contributed by atoms with Crippen molar-refractivity contribution >= 4 is 0 Å². The molecule has 0 bridgehead atoms. The minimum Gasteiger partial charge on any atom is -0.341 e. The van der Waals surface area contributed by atoms with Gasteiger partial charge in [0.15, 0.2) is 0 Å². The second kappa shape index (κ2) is 6.78. The third-order valence-corrected chi connectivity index (χ3v) is 5.48. The van der Waals surface area contributed by atoms with E-state index in [9.17, 15) is 0 Å². The van der Waals surface area contributed by atoms with Crippen LogP contribution in [0.2, 0.25) is 0 Å². The molecule has 0 unspecified atom stereocenters. The molecule has 0 aliphatic heterocycles. The molecule has 0 saturated heterocycles. The van der Waals surface area contributed by atoms with Gasteiger partial charge >= 0.3 is 0 Å². The number of quaternary nitrogens is 1. The normalized spacial score (nSPS) is 39.2. The SMILES string of the molecule is CCC1CCC([NH2+]C2CCC(CC)CC2)CC1. The van der Waals surface area contributed by atoms with Gasteiger partial charge in [0.25, 0.3) is 0 Å². The van der Waals surface area contributed by atoms with Crippen LogP contribution < -0.4 is 5.32 Å². The van der Waals surface area contributed by atoms with Crippen LogP contribution in [0.3, 0.4) is 0 Å². The lowest BCUT2D eigenvalue weighted by atomic mass is 9.81. The maximum atomic E-state index is 2.76. The molecule has 100 valence electrons. The minimum atomic E-state index is 0.973. The van der Waals surface area contributed by atoms with Gasteiger partial charge in [-0.05, 0) is 63.2 Å². The molecule has 0 amide bonds.